The number of amides is 1. The number of piperidine rings is 1. The number of rotatable bonds is 4. The molecule has 1 heterocycles. The minimum atomic E-state index is -0.771. The molecule has 1 aromatic carbocycles. The standard InChI is InChI=1S/C17H21NO4/c1-12-3-5-15(22-2)14(11-12)4-6-16(19)18-9-7-13(8-10-18)17(20)21/h3-6,11,13H,7-10H2,1-2H3,(H,20,21)/b6-4+. The fourth-order valence-electron chi connectivity index (χ4n) is 2.60. The summed E-state index contributed by atoms with van der Waals surface area (Å²) in [7, 11) is 1.60. The molecule has 1 N–H and O–H groups in total. The van der Waals surface area contributed by atoms with E-state index < -0.39 is 5.97 Å². The molecule has 1 saturated heterocycles. The Labute approximate surface area is 130 Å². The molecule has 1 aliphatic heterocycles. The van der Waals surface area contributed by atoms with Crippen molar-refractivity contribution in [1.82, 2.24) is 4.90 Å². The van der Waals surface area contributed by atoms with E-state index in [4.69, 9.17) is 9.84 Å². The number of ether oxygens (including phenoxy) is 1. The molecular formula is C17H21NO4. The SMILES string of the molecule is COc1ccc(C)cc1/C=C/C(=O)N1CCC(C(=O)O)CC1. The molecule has 118 valence electrons. The molecule has 1 amide bonds. The fourth-order valence-corrected chi connectivity index (χ4v) is 2.60. The van der Waals surface area contributed by atoms with Crippen LogP contribution in [0.3, 0.4) is 0 Å². The van der Waals surface area contributed by atoms with Crippen LogP contribution in [0.5, 0.6) is 5.75 Å². The molecule has 0 bridgehead atoms. The van der Waals surface area contributed by atoms with Crippen molar-refractivity contribution < 1.29 is 19.4 Å². The Hall–Kier alpha value is -2.30. The molecule has 0 atom stereocenters. The van der Waals surface area contributed by atoms with E-state index in [-0.39, 0.29) is 11.8 Å². The Kier molecular flexibility index (Phi) is 5.20. The highest BCUT2D eigenvalue weighted by Crippen LogP contribution is 2.22. The van der Waals surface area contributed by atoms with Crippen molar-refractivity contribution in [3.63, 3.8) is 0 Å². The number of aryl methyl sites for hydroxylation is 1. The number of carbonyl (C=O) groups is 2. The predicted molar refractivity (Wildman–Crippen MR) is 83.7 cm³/mol. The summed E-state index contributed by atoms with van der Waals surface area (Å²) in [6.45, 7) is 2.96. The Morgan fingerprint density at radius 1 is 1.32 bits per heavy atom. The molecule has 1 fully saturated rings. The van der Waals surface area contributed by atoms with Crippen LogP contribution in [0.1, 0.15) is 24.0 Å². The summed E-state index contributed by atoms with van der Waals surface area (Å²) in [4.78, 5) is 24.8. The van der Waals surface area contributed by atoms with E-state index in [2.05, 4.69) is 0 Å². The molecule has 1 aromatic rings. The van der Waals surface area contributed by atoms with Gasteiger partial charge in [-0.2, -0.15) is 0 Å². The van der Waals surface area contributed by atoms with E-state index in [1.165, 1.54) is 6.08 Å². The van der Waals surface area contributed by atoms with E-state index >= 15 is 0 Å². The number of carboxylic acid groups (broad SMARTS) is 1. The number of likely N-dealkylation sites (tertiary alicyclic amines) is 1. The first kappa shape index (κ1) is 16.1. The molecule has 0 saturated carbocycles. The lowest BCUT2D eigenvalue weighted by atomic mass is 9.97. The third-order valence-corrected chi connectivity index (χ3v) is 3.95. The molecule has 1 aliphatic rings. The molecule has 0 aromatic heterocycles. The molecule has 2 rings (SSSR count). The summed E-state index contributed by atoms with van der Waals surface area (Å²) in [5.74, 6) is -0.469. The number of carbonyl (C=O) groups excluding carboxylic acids is 1. The maximum atomic E-state index is 12.2. The number of benzene rings is 1. The molecular weight excluding hydrogens is 282 g/mol. The van der Waals surface area contributed by atoms with Gasteiger partial charge in [0.25, 0.3) is 0 Å². The molecule has 5 nitrogen and oxygen atoms in total. The zero-order valence-corrected chi connectivity index (χ0v) is 12.9. The highest BCUT2D eigenvalue weighted by Gasteiger charge is 2.25. The zero-order valence-electron chi connectivity index (χ0n) is 12.9. The molecule has 0 unspecified atom stereocenters. The van der Waals surface area contributed by atoms with E-state index in [1.807, 2.05) is 25.1 Å². The normalized spacial score (nSPS) is 16.0. The lowest BCUT2D eigenvalue weighted by molar-refractivity contribution is -0.144. The van der Waals surface area contributed by atoms with Crippen LogP contribution in [0.15, 0.2) is 24.3 Å². The van der Waals surface area contributed by atoms with Gasteiger partial charge in [-0.1, -0.05) is 11.6 Å². The number of hydrogen-bond acceptors (Lipinski definition) is 3. The van der Waals surface area contributed by atoms with Crippen molar-refractivity contribution in [2.24, 2.45) is 5.92 Å². The van der Waals surface area contributed by atoms with Gasteiger partial charge in [0.05, 0.1) is 13.0 Å². The van der Waals surface area contributed by atoms with Gasteiger partial charge in [-0.3, -0.25) is 9.59 Å². The Balaban J connectivity index is 2.00. The van der Waals surface area contributed by atoms with Crippen molar-refractivity contribution >= 4 is 18.0 Å². The average Bonchev–Trinajstić information content (AvgIpc) is 2.52. The number of nitrogens with zero attached hydrogens (tertiary/aromatic N) is 1. The second-order valence-corrected chi connectivity index (χ2v) is 5.52. The van der Waals surface area contributed by atoms with Crippen LogP contribution in [0, 0.1) is 12.8 Å². The molecule has 5 heteroatoms. The van der Waals surface area contributed by atoms with Crippen LogP contribution >= 0.6 is 0 Å². The average molecular weight is 303 g/mol. The number of aliphatic carboxylic acids is 1. The maximum Gasteiger partial charge on any atom is 0.306 e. The second-order valence-electron chi connectivity index (χ2n) is 5.52. The van der Waals surface area contributed by atoms with Crippen LogP contribution in [0.2, 0.25) is 0 Å². The fraction of sp³-hybridized carbons (Fsp3) is 0.412. The van der Waals surface area contributed by atoms with Crippen molar-refractivity contribution in [3.05, 3.63) is 35.4 Å². The van der Waals surface area contributed by atoms with Gasteiger partial charge in [0, 0.05) is 24.7 Å². The monoisotopic (exact) mass is 303 g/mol. The summed E-state index contributed by atoms with van der Waals surface area (Å²) in [5.41, 5.74) is 1.95. The smallest absolute Gasteiger partial charge is 0.306 e. The van der Waals surface area contributed by atoms with Crippen molar-refractivity contribution in [2.45, 2.75) is 19.8 Å². The van der Waals surface area contributed by atoms with Crippen LogP contribution < -0.4 is 4.74 Å². The van der Waals surface area contributed by atoms with E-state index in [9.17, 15) is 9.59 Å². The van der Waals surface area contributed by atoms with Gasteiger partial charge in [0.2, 0.25) is 5.91 Å². The quantitative estimate of drug-likeness (QED) is 0.867. The first-order valence-electron chi connectivity index (χ1n) is 7.35. The lowest BCUT2D eigenvalue weighted by Crippen LogP contribution is -2.39. The molecule has 22 heavy (non-hydrogen) atoms. The Morgan fingerprint density at radius 2 is 2.00 bits per heavy atom. The summed E-state index contributed by atoms with van der Waals surface area (Å²) >= 11 is 0. The van der Waals surface area contributed by atoms with Gasteiger partial charge < -0.3 is 14.7 Å². The minimum Gasteiger partial charge on any atom is -0.496 e. The van der Waals surface area contributed by atoms with Gasteiger partial charge in [-0.15, -0.1) is 0 Å². The Bertz CT molecular complexity index is 586. The second kappa shape index (κ2) is 7.11. The summed E-state index contributed by atoms with van der Waals surface area (Å²) in [5, 5.41) is 8.97. The summed E-state index contributed by atoms with van der Waals surface area (Å²) in [6.07, 6.45) is 4.31. The van der Waals surface area contributed by atoms with E-state index in [0.29, 0.717) is 25.9 Å². The van der Waals surface area contributed by atoms with Crippen LogP contribution in [-0.2, 0) is 9.59 Å². The zero-order chi connectivity index (χ0) is 16.1. The van der Waals surface area contributed by atoms with Crippen LogP contribution in [-0.4, -0.2) is 42.1 Å². The molecule has 0 aliphatic carbocycles. The highest BCUT2D eigenvalue weighted by atomic mass is 16.5. The van der Waals surface area contributed by atoms with Gasteiger partial charge in [-0.05, 0) is 38.0 Å². The first-order chi connectivity index (χ1) is 10.5. The van der Waals surface area contributed by atoms with E-state index in [0.717, 1.165) is 16.9 Å². The largest absolute Gasteiger partial charge is 0.496 e. The predicted octanol–water partition coefficient (Wildman–Crippen LogP) is 2.34. The number of methoxy groups -OCH3 is 1. The third-order valence-electron chi connectivity index (χ3n) is 3.95. The highest BCUT2D eigenvalue weighted by molar-refractivity contribution is 5.92. The van der Waals surface area contributed by atoms with Crippen LogP contribution in [0.4, 0.5) is 0 Å². The minimum absolute atomic E-state index is 0.0904. The van der Waals surface area contributed by atoms with Gasteiger partial charge in [0.1, 0.15) is 5.75 Å². The van der Waals surface area contributed by atoms with Crippen LogP contribution in [0.25, 0.3) is 6.08 Å². The lowest BCUT2D eigenvalue weighted by Gasteiger charge is -2.29. The maximum absolute atomic E-state index is 12.2. The van der Waals surface area contributed by atoms with Crippen molar-refractivity contribution in [3.8, 4) is 5.75 Å². The Morgan fingerprint density at radius 3 is 2.59 bits per heavy atom. The summed E-state index contributed by atoms with van der Waals surface area (Å²) < 4.78 is 5.28. The number of hydrogen-bond donors (Lipinski definition) is 1. The van der Waals surface area contributed by atoms with E-state index in [1.54, 1.807) is 18.1 Å². The van der Waals surface area contributed by atoms with Crippen molar-refractivity contribution in [2.75, 3.05) is 20.2 Å². The van der Waals surface area contributed by atoms with Crippen molar-refractivity contribution in [1.29, 1.82) is 0 Å². The topological polar surface area (TPSA) is 66.8 Å². The van der Waals surface area contributed by atoms with Gasteiger partial charge >= 0.3 is 5.97 Å². The van der Waals surface area contributed by atoms with Gasteiger partial charge in [-0.25, -0.2) is 0 Å². The van der Waals surface area contributed by atoms with Gasteiger partial charge in [0.15, 0.2) is 0 Å². The molecule has 0 radical (unpaired) electrons. The first-order valence-corrected chi connectivity index (χ1v) is 7.35. The third kappa shape index (κ3) is 3.87. The molecule has 0 spiro atoms. The summed E-state index contributed by atoms with van der Waals surface area (Å²) in [6, 6.07) is 5.78. The number of carboxylic acids is 1.